The van der Waals surface area contributed by atoms with Gasteiger partial charge in [-0.1, -0.05) is 7.43 Å². The van der Waals surface area contributed by atoms with Crippen molar-refractivity contribution in [2.75, 3.05) is 13.6 Å². The molecule has 0 aliphatic carbocycles. The van der Waals surface area contributed by atoms with Crippen molar-refractivity contribution in [3.63, 3.8) is 0 Å². The van der Waals surface area contributed by atoms with E-state index < -0.39 is 0 Å². The van der Waals surface area contributed by atoms with Gasteiger partial charge in [0, 0.05) is 0 Å². The molecule has 0 aliphatic heterocycles. The van der Waals surface area contributed by atoms with Crippen LogP contribution in [0, 0.1) is 0 Å². The Morgan fingerprint density at radius 2 is 1.00 bits per heavy atom. The summed E-state index contributed by atoms with van der Waals surface area (Å²) in [6, 6.07) is 0. The van der Waals surface area contributed by atoms with Gasteiger partial charge < -0.3 is 14.2 Å². The van der Waals surface area contributed by atoms with Gasteiger partial charge in [0.15, 0.2) is 0 Å². The van der Waals surface area contributed by atoms with E-state index in [1.54, 1.807) is 0 Å². The molecule has 0 aliphatic rings. The van der Waals surface area contributed by atoms with Crippen molar-refractivity contribution in [3.05, 3.63) is 0 Å². The van der Waals surface area contributed by atoms with Gasteiger partial charge in [-0.15, -0.1) is 0 Å². The van der Waals surface area contributed by atoms with Gasteiger partial charge in [-0.3, -0.25) is 0 Å². The topological polar surface area (TPSA) is 27.7 Å². The molecule has 0 amide bonds. The Morgan fingerprint density at radius 1 is 0.714 bits per heavy atom. The third-order valence-corrected chi connectivity index (χ3v) is 1.15. The maximum absolute atomic E-state index is 5.34. The first-order chi connectivity index (χ1) is 5.71. The van der Waals surface area contributed by atoms with Crippen molar-refractivity contribution in [3.8, 4) is 0 Å². The lowest BCUT2D eigenvalue weighted by Gasteiger charge is -2.22. The molecule has 0 saturated heterocycles. The van der Waals surface area contributed by atoms with Crippen LogP contribution in [0.15, 0.2) is 0 Å². The average Bonchev–Trinajstić information content (AvgIpc) is 1.81. The molecule has 0 N–H and O–H groups in total. The van der Waals surface area contributed by atoms with Gasteiger partial charge in [-0.2, -0.15) is 0 Å². The van der Waals surface area contributed by atoms with Gasteiger partial charge in [-0.05, 0) is 41.5 Å². The van der Waals surface area contributed by atoms with Crippen LogP contribution in [-0.4, -0.2) is 24.8 Å². The summed E-state index contributed by atoms with van der Waals surface area (Å²) in [4.78, 5) is 0. The number of ether oxygens (including phenoxy) is 3. The molecule has 0 bridgehead atoms. The van der Waals surface area contributed by atoms with Crippen LogP contribution in [0.1, 0.15) is 49.0 Å². The second kappa shape index (κ2) is 6.38. The van der Waals surface area contributed by atoms with Crippen molar-refractivity contribution in [1.82, 2.24) is 0 Å². The second-order valence-corrected chi connectivity index (χ2v) is 4.95. The molecule has 14 heavy (non-hydrogen) atoms. The van der Waals surface area contributed by atoms with Crippen molar-refractivity contribution in [1.29, 1.82) is 0 Å². The molecule has 0 atom stereocenters. The zero-order chi connectivity index (χ0) is 10.5. The zero-order valence-corrected chi connectivity index (χ0v) is 9.64. The first-order valence-corrected chi connectivity index (χ1v) is 4.56. The van der Waals surface area contributed by atoms with Gasteiger partial charge in [-0.25, -0.2) is 0 Å². The highest BCUT2D eigenvalue weighted by Gasteiger charge is 2.11. The van der Waals surface area contributed by atoms with Crippen LogP contribution in [0.25, 0.3) is 0 Å². The summed E-state index contributed by atoms with van der Waals surface area (Å²) in [5.41, 5.74) is -0.302. The monoisotopic (exact) mass is 206 g/mol. The van der Waals surface area contributed by atoms with Gasteiger partial charge in [0.25, 0.3) is 0 Å². The maximum Gasteiger partial charge on any atom is 0.150 e. The largest absolute Gasteiger partial charge is 0.350 e. The predicted octanol–water partition coefficient (Wildman–Crippen LogP) is 3.18. The molecular weight excluding hydrogens is 180 g/mol. The summed E-state index contributed by atoms with van der Waals surface area (Å²) < 4.78 is 15.8. The Hall–Kier alpha value is -0.120. The molecule has 0 heterocycles. The van der Waals surface area contributed by atoms with Crippen LogP contribution in [0.3, 0.4) is 0 Å². The molecule has 0 fully saturated rings. The summed E-state index contributed by atoms with van der Waals surface area (Å²) in [6.45, 7) is 12.5. The first kappa shape index (κ1) is 16.3. The molecule has 0 aromatic carbocycles. The van der Waals surface area contributed by atoms with E-state index in [9.17, 15) is 0 Å². The van der Waals surface area contributed by atoms with E-state index in [-0.39, 0.29) is 32.2 Å². The molecule has 0 aromatic rings. The molecular formula is C11H26O3. The van der Waals surface area contributed by atoms with E-state index in [0.29, 0.717) is 0 Å². The Bertz CT molecular complexity index is 114. The van der Waals surface area contributed by atoms with E-state index in [4.69, 9.17) is 14.2 Å². The van der Waals surface area contributed by atoms with Crippen LogP contribution in [0.2, 0.25) is 0 Å². The molecule has 0 spiro atoms. The molecule has 0 rings (SSSR count). The minimum absolute atomic E-state index is 0. The molecule has 0 aromatic heterocycles. The maximum atomic E-state index is 5.34. The fourth-order valence-electron chi connectivity index (χ4n) is 0.471. The van der Waals surface area contributed by atoms with Crippen molar-refractivity contribution < 1.29 is 14.2 Å². The molecule has 0 saturated carbocycles. The van der Waals surface area contributed by atoms with Crippen LogP contribution < -0.4 is 0 Å². The molecule has 0 radical (unpaired) electrons. The summed E-state index contributed by atoms with van der Waals surface area (Å²) >= 11 is 0. The van der Waals surface area contributed by atoms with Crippen molar-refractivity contribution in [2.45, 2.75) is 60.2 Å². The second-order valence-electron chi connectivity index (χ2n) is 4.95. The van der Waals surface area contributed by atoms with E-state index in [2.05, 4.69) is 0 Å². The summed E-state index contributed by atoms with van der Waals surface area (Å²) in [5, 5.41) is 0. The van der Waals surface area contributed by atoms with Gasteiger partial charge in [0.05, 0.1) is 11.2 Å². The highest BCUT2D eigenvalue weighted by atomic mass is 16.7. The third-order valence-electron chi connectivity index (χ3n) is 1.15. The lowest BCUT2D eigenvalue weighted by Crippen LogP contribution is -2.24. The third kappa shape index (κ3) is 14.4. The Balaban J connectivity index is 0. The standard InChI is InChI=1S/C10H22O3.CH4/c1-9(2,3)12-7-11-8-13-10(4,5)6;/h7-8H2,1-6H3;1H4. The Morgan fingerprint density at radius 3 is 1.21 bits per heavy atom. The van der Waals surface area contributed by atoms with E-state index in [1.165, 1.54) is 0 Å². The highest BCUT2D eigenvalue weighted by molar-refractivity contribution is 4.57. The molecule has 3 heteroatoms. The van der Waals surface area contributed by atoms with Crippen LogP contribution in [-0.2, 0) is 14.2 Å². The molecule has 88 valence electrons. The Kier molecular flexibility index (Phi) is 7.43. The lowest BCUT2D eigenvalue weighted by atomic mass is 10.2. The summed E-state index contributed by atoms with van der Waals surface area (Å²) in [6.07, 6.45) is 0. The minimum atomic E-state index is -0.151. The van der Waals surface area contributed by atoms with Crippen molar-refractivity contribution >= 4 is 0 Å². The zero-order valence-electron chi connectivity index (χ0n) is 9.64. The van der Waals surface area contributed by atoms with Crippen LogP contribution >= 0.6 is 0 Å². The normalized spacial score (nSPS) is 12.4. The van der Waals surface area contributed by atoms with Crippen LogP contribution in [0.4, 0.5) is 0 Å². The fourth-order valence-corrected chi connectivity index (χ4v) is 0.471. The number of hydrogen-bond donors (Lipinski definition) is 0. The quantitative estimate of drug-likeness (QED) is 0.522. The van der Waals surface area contributed by atoms with E-state index in [1.807, 2.05) is 41.5 Å². The van der Waals surface area contributed by atoms with Crippen LogP contribution in [0.5, 0.6) is 0 Å². The number of hydrogen-bond acceptors (Lipinski definition) is 3. The average molecular weight is 206 g/mol. The van der Waals surface area contributed by atoms with Gasteiger partial charge in [0.1, 0.15) is 13.6 Å². The molecule has 3 nitrogen and oxygen atoms in total. The minimum Gasteiger partial charge on any atom is -0.350 e. The smallest absolute Gasteiger partial charge is 0.150 e. The first-order valence-electron chi connectivity index (χ1n) is 4.56. The van der Waals surface area contributed by atoms with Gasteiger partial charge in [0.2, 0.25) is 0 Å². The SMILES string of the molecule is C.CC(C)(C)OCOCOC(C)(C)C. The predicted molar refractivity (Wildman–Crippen MR) is 59.2 cm³/mol. The van der Waals surface area contributed by atoms with E-state index in [0.717, 1.165) is 0 Å². The van der Waals surface area contributed by atoms with E-state index >= 15 is 0 Å². The molecule has 0 unspecified atom stereocenters. The van der Waals surface area contributed by atoms with Gasteiger partial charge >= 0.3 is 0 Å². The lowest BCUT2D eigenvalue weighted by molar-refractivity contribution is -0.191. The number of rotatable bonds is 4. The fraction of sp³-hybridized carbons (Fsp3) is 1.00. The summed E-state index contributed by atoms with van der Waals surface area (Å²) in [7, 11) is 0. The van der Waals surface area contributed by atoms with Crippen molar-refractivity contribution in [2.24, 2.45) is 0 Å². The highest BCUT2D eigenvalue weighted by Crippen LogP contribution is 2.08. The Labute approximate surface area is 88.7 Å². The summed E-state index contributed by atoms with van der Waals surface area (Å²) in [5.74, 6) is 0.